The zero-order chi connectivity index (χ0) is 15.0. The summed E-state index contributed by atoms with van der Waals surface area (Å²) in [7, 11) is 0. The summed E-state index contributed by atoms with van der Waals surface area (Å²) in [6.07, 6.45) is 15.7. The van der Waals surface area contributed by atoms with Crippen molar-refractivity contribution >= 4 is 0 Å². The largest absolute Gasteiger partial charge is 0.316 e. The fourth-order valence-electron chi connectivity index (χ4n) is 4.58. The van der Waals surface area contributed by atoms with Crippen LogP contribution in [0.3, 0.4) is 0 Å². The topological polar surface area (TPSA) is 15.3 Å². The van der Waals surface area contributed by atoms with Crippen LogP contribution in [0.25, 0.3) is 0 Å². The van der Waals surface area contributed by atoms with Crippen LogP contribution in [-0.4, -0.2) is 37.1 Å². The Morgan fingerprint density at radius 1 is 1.00 bits per heavy atom. The highest BCUT2D eigenvalue weighted by atomic mass is 15.2. The summed E-state index contributed by atoms with van der Waals surface area (Å²) in [6.45, 7) is 9.82. The minimum Gasteiger partial charge on any atom is -0.316 e. The van der Waals surface area contributed by atoms with E-state index in [4.69, 9.17) is 0 Å². The van der Waals surface area contributed by atoms with Crippen molar-refractivity contribution in [2.24, 2.45) is 5.41 Å². The van der Waals surface area contributed by atoms with Crippen LogP contribution in [0.4, 0.5) is 0 Å². The quantitative estimate of drug-likeness (QED) is 0.659. The van der Waals surface area contributed by atoms with Crippen molar-refractivity contribution in [2.45, 2.75) is 90.5 Å². The SMILES string of the molecule is CCCNCC1(CN2CCCCC2CCC)CCCCC1. The third-order valence-corrected chi connectivity index (χ3v) is 5.75. The molecule has 0 bridgehead atoms. The van der Waals surface area contributed by atoms with E-state index in [9.17, 15) is 0 Å². The molecule has 0 aromatic carbocycles. The minimum absolute atomic E-state index is 0.580. The summed E-state index contributed by atoms with van der Waals surface area (Å²) in [6, 6.07) is 0.883. The number of hydrogen-bond donors (Lipinski definition) is 1. The lowest BCUT2D eigenvalue weighted by molar-refractivity contribution is 0.0515. The lowest BCUT2D eigenvalue weighted by Crippen LogP contribution is -2.50. The summed E-state index contributed by atoms with van der Waals surface area (Å²) >= 11 is 0. The van der Waals surface area contributed by atoms with Crippen LogP contribution in [0, 0.1) is 5.41 Å². The molecule has 2 heteroatoms. The van der Waals surface area contributed by atoms with Gasteiger partial charge < -0.3 is 5.32 Å². The molecular weight excluding hydrogens is 256 g/mol. The second-order valence-electron chi connectivity index (χ2n) is 7.65. The Balaban J connectivity index is 1.95. The van der Waals surface area contributed by atoms with Gasteiger partial charge in [0.15, 0.2) is 0 Å². The van der Waals surface area contributed by atoms with Crippen molar-refractivity contribution in [3.05, 3.63) is 0 Å². The Morgan fingerprint density at radius 2 is 1.81 bits per heavy atom. The van der Waals surface area contributed by atoms with E-state index in [2.05, 4.69) is 24.1 Å². The van der Waals surface area contributed by atoms with Gasteiger partial charge in [0.1, 0.15) is 0 Å². The molecule has 0 aromatic heterocycles. The number of hydrogen-bond acceptors (Lipinski definition) is 2. The van der Waals surface area contributed by atoms with Gasteiger partial charge in [-0.3, -0.25) is 4.90 Å². The number of likely N-dealkylation sites (tertiary alicyclic amines) is 1. The van der Waals surface area contributed by atoms with Gasteiger partial charge >= 0.3 is 0 Å². The summed E-state index contributed by atoms with van der Waals surface area (Å²) in [5, 5.41) is 3.76. The summed E-state index contributed by atoms with van der Waals surface area (Å²) < 4.78 is 0. The molecule has 1 aliphatic carbocycles. The van der Waals surface area contributed by atoms with E-state index in [1.54, 1.807) is 0 Å². The normalized spacial score (nSPS) is 26.9. The Bertz CT molecular complexity index is 269. The Labute approximate surface area is 133 Å². The summed E-state index contributed by atoms with van der Waals surface area (Å²) in [4.78, 5) is 2.88. The zero-order valence-corrected chi connectivity index (χ0v) is 14.6. The molecule has 0 spiro atoms. The predicted octanol–water partition coefficient (Wildman–Crippen LogP) is 4.59. The first-order valence-corrected chi connectivity index (χ1v) is 9.74. The first kappa shape index (κ1) is 17.3. The van der Waals surface area contributed by atoms with Gasteiger partial charge in [-0.05, 0) is 57.0 Å². The first-order valence-electron chi connectivity index (χ1n) is 9.74. The van der Waals surface area contributed by atoms with Gasteiger partial charge in [0.2, 0.25) is 0 Å². The van der Waals surface area contributed by atoms with Crippen molar-refractivity contribution < 1.29 is 0 Å². The maximum absolute atomic E-state index is 3.76. The van der Waals surface area contributed by atoms with Crippen molar-refractivity contribution in [1.82, 2.24) is 10.2 Å². The van der Waals surface area contributed by atoms with Gasteiger partial charge in [0, 0.05) is 19.1 Å². The molecule has 1 atom stereocenters. The van der Waals surface area contributed by atoms with E-state index in [1.807, 2.05) is 0 Å². The molecule has 1 N–H and O–H groups in total. The average molecular weight is 295 g/mol. The molecule has 21 heavy (non-hydrogen) atoms. The molecule has 1 unspecified atom stereocenters. The van der Waals surface area contributed by atoms with E-state index in [0.29, 0.717) is 5.41 Å². The van der Waals surface area contributed by atoms with Crippen molar-refractivity contribution in [3.8, 4) is 0 Å². The zero-order valence-electron chi connectivity index (χ0n) is 14.6. The predicted molar refractivity (Wildman–Crippen MR) is 92.8 cm³/mol. The second kappa shape index (κ2) is 9.15. The highest BCUT2D eigenvalue weighted by Gasteiger charge is 2.35. The van der Waals surface area contributed by atoms with Crippen molar-refractivity contribution in [1.29, 1.82) is 0 Å². The van der Waals surface area contributed by atoms with Gasteiger partial charge in [0.05, 0.1) is 0 Å². The van der Waals surface area contributed by atoms with Crippen LogP contribution in [0.15, 0.2) is 0 Å². The van der Waals surface area contributed by atoms with Crippen LogP contribution in [0.5, 0.6) is 0 Å². The molecule has 1 saturated heterocycles. The van der Waals surface area contributed by atoms with E-state index >= 15 is 0 Å². The second-order valence-corrected chi connectivity index (χ2v) is 7.65. The molecule has 0 radical (unpaired) electrons. The van der Waals surface area contributed by atoms with Crippen molar-refractivity contribution in [3.63, 3.8) is 0 Å². The monoisotopic (exact) mass is 294 g/mol. The smallest absolute Gasteiger partial charge is 0.00954 e. The lowest BCUT2D eigenvalue weighted by atomic mass is 9.73. The fraction of sp³-hybridized carbons (Fsp3) is 1.00. The molecule has 2 nitrogen and oxygen atoms in total. The van der Waals surface area contributed by atoms with Crippen molar-refractivity contribution in [2.75, 3.05) is 26.2 Å². The summed E-state index contributed by atoms with van der Waals surface area (Å²) in [5.41, 5.74) is 0.580. The molecule has 0 aromatic rings. The van der Waals surface area contributed by atoms with E-state index < -0.39 is 0 Å². The number of nitrogens with zero attached hydrogens (tertiary/aromatic N) is 1. The molecule has 2 rings (SSSR count). The van der Waals surface area contributed by atoms with Crippen LogP contribution in [0.1, 0.15) is 84.5 Å². The van der Waals surface area contributed by atoms with Gasteiger partial charge in [-0.1, -0.05) is 46.0 Å². The molecule has 1 saturated carbocycles. The average Bonchev–Trinajstić information content (AvgIpc) is 2.51. The molecule has 124 valence electrons. The highest BCUT2D eigenvalue weighted by Crippen LogP contribution is 2.38. The number of rotatable bonds is 8. The Hall–Kier alpha value is -0.0800. The van der Waals surface area contributed by atoms with E-state index in [1.165, 1.54) is 96.8 Å². The van der Waals surface area contributed by atoms with Crippen LogP contribution >= 0.6 is 0 Å². The van der Waals surface area contributed by atoms with Crippen LogP contribution in [0.2, 0.25) is 0 Å². The van der Waals surface area contributed by atoms with E-state index in [0.717, 1.165) is 6.04 Å². The number of piperidine rings is 1. The highest BCUT2D eigenvalue weighted by molar-refractivity contribution is 4.90. The first-order chi connectivity index (χ1) is 10.3. The lowest BCUT2D eigenvalue weighted by Gasteiger charge is -2.45. The maximum Gasteiger partial charge on any atom is 0.00954 e. The van der Waals surface area contributed by atoms with E-state index in [-0.39, 0.29) is 0 Å². The minimum atomic E-state index is 0.580. The maximum atomic E-state index is 3.76. The molecule has 2 fully saturated rings. The molecule has 2 aliphatic rings. The van der Waals surface area contributed by atoms with Crippen LogP contribution in [-0.2, 0) is 0 Å². The van der Waals surface area contributed by atoms with Gasteiger partial charge in [-0.15, -0.1) is 0 Å². The number of nitrogens with one attached hydrogen (secondary N) is 1. The van der Waals surface area contributed by atoms with Crippen LogP contribution < -0.4 is 5.32 Å². The Kier molecular flexibility index (Phi) is 7.53. The molecule has 1 heterocycles. The third kappa shape index (κ3) is 5.25. The standard InChI is InChI=1S/C19H38N2/c1-3-10-18-11-6-9-15-21(18)17-19(16-20-14-4-2)12-7-5-8-13-19/h18,20H,3-17H2,1-2H3. The fourth-order valence-corrected chi connectivity index (χ4v) is 4.58. The summed E-state index contributed by atoms with van der Waals surface area (Å²) in [5.74, 6) is 0. The Morgan fingerprint density at radius 3 is 2.52 bits per heavy atom. The van der Waals surface area contributed by atoms with Gasteiger partial charge in [-0.2, -0.15) is 0 Å². The molecule has 1 aliphatic heterocycles. The molecular formula is C19H38N2. The van der Waals surface area contributed by atoms with Gasteiger partial charge in [-0.25, -0.2) is 0 Å². The third-order valence-electron chi connectivity index (χ3n) is 5.75. The van der Waals surface area contributed by atoms with Gasteiger partial charge in [0.25, 0.3) is 0 Å². The molecule has 0 amide bonds.